The highest BCUT2D eigenvalue weighted by Gasteiger charge is 2.11. The molecule has 2 aromatic rings. The van der Waals surface area contributed by atoms with E-state index in [1.165, 1.54) is 6.26 Å². The van der Waals surface area contributed by atoms with Gasteiger partial charge in [-0.2, -0.15) is 0 Å². The van der Waals surface area contributed by atoms with Gasteiger partial charge in [-0.3, -0.25) is 9.59 Å². The van der Waals surface area contributed by atoms with Crippen molar-refractivity contribution in [2.75, 3.05) is 0 Å². The summed E-state index contributed by atoms with van der Waals surface area (Å²) >= 11 is 0. The Kier molecular flexibility index (Phi) is 8.18. The molecule has 0 saturated heterocycles. The van der Waals surface area contributed by atoms with E-state index >= 15 is 0 Å². The molecule has 0 bridgehead atoms. The summed E-state index contributed by atoms with van der Waals surface area (Å²) in [6.07, 6.45) is 2.25. The first kappa shape index (κ1) is 20.7. The fourth-order valence-electron chi connectivity index (χ4n) is 2.12. The molecule has 0 aliphatic carbocycles. The lowest BCUT2D eigenvalue weighted by atomic mass is 10.1. The van der Waals surface area contributed by atoms with Crippen LogP contribution in [0.15, 0.2) is 41.0 Å². The van der Waals surface area contributed by atoms with Crippen LogP contribution in [0.5, 0.6) is 0 Å². The minimum atomic E-state index is -0.243. The molecule has 136 valence electrons. The van der Waals surface area contributed by atoms with Crippen LogP contribution in [-0.2, 0) is 13.1 Å². The van der Waals surface area contributed by atoms with Crippen LogP contribution in [0.1, 0.15) is 52.3 Å². The van der Waals surface area contributed by atoms with Gasteiger partial charge in [-0.15, -0.1) is 12.4 Å². The lowest BCUT2D eigenvalue weighted by Crippen LogP contribution is -2.32. The van der Waals surface area contributed by atoms with Gasteiger partial charge in [-0.25, -0.2) is 0 Å². The number of hydrogen-bond donors (Lipinski definition) is 3. The van der Waals surface area contributed by atoms with Crippen LogP contribution in [-0.4, -0.2) is 17.9 Å². The van der Waals surface area contributed by atoms with Crippen molar-refractivity contribution in [3.8, 4) is 0 Å². The average molecular weight is 366 g/mol. The van der Waals surface area contributed by atoms with E-state index in [4.69, 9.17) is 10.2 Å². The molecule has 0 radical (unpaired) electrons. The van der Waals surface area contributed by atoms with Gasteiger partial charge in [0.1, 0.15) is 12.0 Å². The van der Waals surface area contributed by atoms with E-state index in [1.807, 2.05) is 19.9 Å². The number of rotatable bonds is 7. The predicted octanol–water partition coefficient (Wildman–Crippen LogP) is 2.62. The van der Waals surface area contributed by atoms with Gasteiger partial charge in [-0.1, -0.05) is 19.1 Å². The van der Waals surface area contributed by atoms with Crippen LogP contribution in [0.4, 0.5) is 0 Å². The molecule has 1 heterocycles. The van der Waals surface area contributed by atoms with Crippen LogP contribution < -0.4 is 16.4 Å². The molecule has 0 spiro atoms. The molecule has 0 fully saturated rings. The number of nitrogens with one attached hydrogen (secondary N) is 2. The van der Waals surface area contributed by atoms with Gasteiger partial charge in [-0.05, 0) is 37.1 Å². The average Bonchev–Trinajstić information content (AvgIpc) is 3.09. The summed E-state index contributed by atoms with van der Waals surface area (Å²) in [5, 5.41) is 5.72. The third-order valence-electron chi connectivity index (χ3n) is 3.75. The van der Waals surface area contributed by atoms with Crippen molar-refractivity contribution in [2.24, 2.45) is 5.73 Å². The van der Waals surface area contributed by atoms with Crippen molar-refractivity contribution in [2.45, 2.75) is 39.4 Å². The van der Waals surface area contributed by atoms with Crippen LogP contribution >= 0.6 is 12.4 Å². The predicted molar refractivity (Wildman–Crippen MR) is 98.7 cm³/mol. The smallest absolute Gasteiger partial charge is 0.254 e. The first-order valence-electron chi connectivity index (χ1n) is 7.99. The monoisotopic (exact) mass is 365 g/mol. The molecule has 1 atom stereocenters. The van der Waals surface area contributed by atoms with Gasteiger partial charge in [0.05, 0.1) is 12.1 Å². The van der Waals surface area contributed by atoms with Gasteiger partial charge in [0.15, 0.2) is 0 Å². The number of amides is 2. The van der Waals surface area contributed by atoms with E-state index in [1.54, 1.807) is 24.3 Å². The Bertz CT molecular complexity index is 715. The Labute approximate surface area is 153 Å². The Morgan fingerprint density at radius 2 is 1.96 bits per heavy atom. The molecule has 0 aliphatic heterocycles. The van der Waals surface area contributed by atoms with Crippen LogP contribution in [0.3, 0.4) is 0 Å². The minimum absolute atomic E-state index is 0. The van der Waals surface area contributed by atoms with E-state index in [0.29, 0.717) is 23.4 Å². The Morgan fingerprint density at radius 3 is 2.60 bits per heavy atom. The lowest BCUT2D eigenvalue weighted by molar-refractivity contribution is 0.0936. The van der Waals surface area contributed by atoms with Crippen LogP contribution in [0.25, 0.3) is 0 Å². The van der Waals surface area contributed by atoms with E-state index in [9.17, 15) is 9.59 Å². The van der Waals surface area contributed by atoms with Crippen LogP contribution in [0, 0.1) is 0 Å². The van der Waals surface area contributed by atoms with Crippen LogP contribution in [0.2, 0.25) is 0 Å². The third-order valence-corrected chi connectivity index (χ3v) is 3.75. The second-order valence-electron chi connectivity index (χ2n) is 5.67. The summed E-state index contributed by atoms with van der Waals surface area (Å²) in [4.78, 5) is 24.2. The molecule has 6 nitrogen and oxygen atoms in total. The number of carbonyl (C=O) groups excluding carboxylic acids is 2. The topological polar surface area (TPSA) is 97.4 Å². The number of nitrogens with two attached hydrogens (primary N) is 1. The summed E-state index contributed by atoms with van der Waals surface area (Å²) in [6.45, 7) is 4.55. The number of furan rings is 1. The molecular weight excluding hydrogens is 342 g/mol. The van der Waals surface area contributed by atoms with E-state index in [-0.39, 0.29) is 36.8 Å². The Balaban J connectivity index is 0.00000312. The lowest BCUT2D eigenvalue weighted by Gasteiger charge is -2.12. The summed E-state index contributed by atoms with van der Waals surface area (Å²) in [5.41, 5.74) is 7.32. The second-order valence-corrected chi connectivity index (χ2v) is 5.67. The maximum absolute atomic E-state index is 12.1. The van der Waals surface area contributed by atoms with Crippen molar-refractivity contribution in [3.63, 3.8) is 0 Å². The van der Waals surface area contributed by atoms with Gasteiger partial charge in [0.2, 0.25) is 0 Å². The summed E-state index contributed by atoms with van der Waals surface area (Å²) in [6, 6.07) is 8.94. The van der Waals surface area contributed by atoms with E-state index in [0.717, 1.165) is 12.0 Å². The highest BCUT2D eigenvalue weighted by molar-refractivity contribution is 5.95. The first-order chi connectivity index (χ1) is 11.5. The quantitative estimate of drug-likeness (QED) is 0.702. The summed E-state index contributed by atoms with van der Waals surface area (Å²) < 4.78 is 5.15. The minimum Gasteiger partial charge on any atom is -0.467 e. The van der Waals surface area contributed by atoms with Crippen molar-refractivity contribution in [3.05, 3.63) is 59.0 Å². The fourth-order valence-corrected chi connectivity index (χ4v) is 2.12. The van der Waals surface area contributed by atoms with Gasteiger partial charge < -0.3 is 20.8 Å². The maximum atomic E-state index is 12.1. The second kappa shape index (κ2) is 9.86. The fraction of sp³-hybridized carbons (Fsp3) is 0.333. The zero-order valence-electron chi connectivity index (χ0n) is 14.4. The Hall–Kier alpha value is -2.31. The normalized spacial score (nSPS) is 11.3. The van der Waals surface area contributed by atoms with Gasteiger partial charge >= 0.3 is 0 Å². The SMILES string of the molecule is CCC(C)NC(=O)c1cccc(CNC(=O)c2coc(CN)c2)c1.Cl. The van der Waals surface area contributed by atoms with Gasteiger partial charge in [0, 0.05) is 18.2 Å². The van der Waals surface area contributed by atoms with Gasteiger partial charge in [0.25, 0.3) is 11.8 Å². The molecule has 1 aromatic heterocycles. The Morgan fingerprint density at radius 1 is 1.20 bits per heavy atom. The number of carbonyl (C=O) groups is 2. The largest absolute Gasteiger partial charge is 0.467 e. The molecule has 0 aliphatic rings. The number of benzene rings is 1. The molecule has 0 saturated carbocycles. The molecular formula is C18H24ClN3O3. The molecule has 25 heavy (non-hydrogen) atoms. The summed E-state index contributed by atoms with van der Waals surface area (Å²) in [7, 11) is 0. The summed E-state index contributed by atoms with van der Waals surface area (Å²) in [5.74, 6) is 0.205. The van der Waals surface area contributed by atoms with Crippen molar-refractivity contribution < 1.29 is 14.0 Å². The molecule has 7 heteroatoms. The molecule has 2 rings (SSSR count). The number of hydrogen-bond acceptors (Lipinski definition) is 4. The zero-order chi connectivity index (χ0) is 17.5. The standard InChI is InChI=1S/C18H23N3O3.ClH/c1-3-12(2)21-18(23)14-6-4-5-13(7-14)10-20-17(22)15-8-16(9-19)24-11-15;/h4-8,11-12H,3,9-10,19H2,1-2H3,(H,20,22)(H,21,23);1H. The molecule has 1 aromatic carbocycles. The van der Waals surface area contributed by atoms with Crippen molar-refractivity contribution in [1.29, 1.82) is 0 Å². The first-order valence-corrected chi connectivity index (χ1v) is 7.99. The van der Waals surface area contributed by atoms with Crippen molar-refractivity contribution in [1.82, 2.24) is 10.6 Å². The number of halogens is 1. The highest BCUT2D eigenvalue weighted by Crippen LogP contribution is 2.09. The highest BCUT2D eigenvalue weighted by atomic mass is 35.5. The van der Waals surface area contributed by atoms with E-state index < -0.39 is 0 Å². The molecule has 1 unspecified atom stereocenters. The maximum Gasteiger partial charge on any atom is 0.254 e. The van der Waals surface area contributed by atoms with E-state index in [2.05, 4.69) is 10.6 Å². The third kappa shape index (κ3) is 5.92. The molecule has 2 amide bonds. The van der Waals surface area contributed by atoms with Crippen molar-refractivity contribution >= 4 is 24.2 Å². The zero-order valence-corrected chi connectivity index (χ0v) is 15.2. The molecule has 4 N–H and O–H groups in total.